The van der Waals surface area contributed by atoms with E-state index >= 15 is 0 Å². The summed E-state index contributed by atoms with van der Waals surface area (Å²) in [5.41, 5.74) is -1.03. The lowest BCUT2D eigenvalue weighted by Gasteiger charge is -2.41. The molecule has 1 saturated heterocycles. The molecule has 1 aliphatic carbocycles. The van der Waals surface area contributed by atoms with Gasteiger partial charge in [-0.25, -0.2) is 9.59 Å². The second-order valence-electron chi connectivity index (χ2n) is 4.91. The quantitative estimate of drug-likeness (QED) is 0.743. The number of carbonyl (C=O) groups excluding carboxylic acids is 1. The predicted molar refractivity (Wildman–Crippen MR) is 58.2 cm³/mol. The van der Waals surface area contributed by atoms with E-state index in [-0.39, 0.29) is 12.1 Å². The number of hydrogen-bond donors (Lipinski definition) is 2. The average molecular weight is 226 g/mol. The summed E-state index contributed by atoms with van der Waals surface area (Å²) in [4.78, 5) is 24.7. The molecule has 2 N–H and O–H groups in total. The van der Waals surface area contributed by atoms with Crippen LogP contribution in [0.15, 0.2) is 0 Å². The Labute approximate surface area is 94.8 Å². The fraction of sp³-hybridized carbons (Fsp3) is 0.818. The number of aliphatic carboxylic acids is 1. The molecular formula is C11H18N2O3. The van der Waals surface area contributed by atoms with Crippen molar-refractivity contribution in [3.8, 4) is 0 Å². The van der Waals surface area contributed by atoms with Crippen LogP contribution in [0.4, 0.5) is 4.79 Å². The van der Waals surface area contributed by atoms with E-state index in [9.17, 15) is 14.7 Å². The lowest BCUT2D eigenvalue weighted by atomic mass is 9.89. The van der Waals surface area contributed by atoms with E-state index in [1.54, 1.807) is 6.92 Å². The number of nitrogens with zero attached hydrogens (tertiary/aromatic N) is 1. The Balaban J connectivity index is 2.08. The highest BCUT2D eigenvalue weighted by Crippen LogP contribution is 2.29. The summed E-state index contributed by atoms with van der Waals surface area (Å²) in [7, 11) is 0. The molecule has 1 aliphatic heterocycles. The Kier molecular flexibility index (Phi) is 2.78. The summed E-state index contributed by atoms with van der Waals surface area (Å²) in [5, 5.41) is 12.1. The Hall–Kier alpha value is -1.26. The van der Waals surface area contributed by atoms with Gasteiger partial charge in [-0.2, -0.15) is 0 Å². The van der Waals surface area contributed by atoms with Gasteiger partial charge in [-0.15, -0.1) is 0 Å². The van der Waals surface area contributed by atoms with Gasteiger partial charge in [0, 0.05) is 12.6 Å². The molecule has 90 valence electrons. The van der Waals surface area contributed by atoms with Crippen LogP contribution in [-0.4, -0.2) is 40.1 Å². The first-order chi connectivity index (χ1) is 7.54. The Morgan fingerprint density at radius 1 is 1.38 bits per heavy atom. The van der Waals surface area contributed by atoms with E-state index in [2.05, 4.69) is 5.32 Å². The number of hydrogen-bond acceptors (Lipinski definition) is 2. The van der Waals surface area contributed by atoms with E-state index < -0.39 is 11.5 Å². The molecule has 1 unspecified atom stereocenters. The molecule has 16 heavy (non-hydrogen) atoms. The van der Waals surface area contributed by atoms with Crippen molar-refractivity contribution >= 4 is 12.0 Å². The molecule has 0 spiro atoms. The van der Waals surface area contributed by atoms with Crippen LogP contribution in [0.3, 0.4) is 0 Å². The average Bonchev–Trinajstić information content (AvgIpc) is 3.02. The van der Waals surface area contributed by atoms with Crippen molar-refractivity contribution in [2.45, 2.75) is 50.6 Å². The lowest BCUT2D eigenvalue weighted by molar-refractivity contribution is -0.150. The summed E-state index contributed by atoms with van der Waals surface area (Å²) >= 11 is 0. The van der Waals surface area contributed by atoms with Crippen molar-refractivity contribution in [1.82, 2.24) is 10.2 Å². The first kappa shape index (κ1) is 11.2. The number of carbonyl (C=O) groups is 2. The summed E-state index contributed by atoms with van der Waals surface area (Å²) in [6.07, 6.45) is 4.34. The maximum absolute atomic E-state index is 11.9. The van der Waals surface area contributed by atoms with Gasteiger partial charge < -0.3 is 15.3 Å². The monoisotopic (exact) mass is 226 g/mol. The van der Waals surface area contributed by atoms with Crippen LogP contribution in [0.5, 0.6) is 0 Å². The molecule has 0 radical (unpaired) electrons. The highest BCUT2D eigenvalue weighted by atomic mass is 16.4. The van der Waals surface area contributed by atoms with E-state index in [1.165, 1.54) is 4.90 Å². The van der Waals surface area contributed by atoms with E-state index in [4.69, 9.17) is 0 Å². The van der Waals surface area contributed by atoms with Gasteiger partial charge in [0.25, 0.3) is 0 Å². The number of carboxylic acids is 1. The molecule has 0 aromatic rings. The number of carboxylic acid groups (broad SMARTS) is 1. The van der Waals surface area contributed by atoms with Crippen molar-refractivity contribution in [2.24, 2.45) is 0 Å². The molecule has 2 amide bonds. The summed E-state index contributed by atoms with van der Waals surface area (Å²) in [6, 6.07) is 0.0552. The van der Waals surface area contributed by atoms with E-state index in [0.29, 0.717) is 13.0 Å². The van der Waals surface area contributed by atoms with Crippen molar-refractivity contribution in [3.63, 3.8) is 0 Å². The van der Waals surface area contributed by atoms with Crippen molar-refractivity contribution in [1.29, 1.82) is 0 Å². The number of likely N-dealkylation sites (tertiary alicyclic amines) is 1. The molecule has 5 nitrogen and oxygen atoms in total. The first-order valence-electron chi connectivity index (χ1n) is 5.85. The summed E-state index contributed by atoms with van der Waals surface area (Å²) < 4.78 is 0. The molecule has 1 heterocycles. The molecule has 0 aromatic carbocycles. The van der Waals surface area contributed by atoms with Gasteiger partial charge in [0.05, 0.1) is 0 Å². The zero-order chi connectivity index (χ0) is 11.8. The number of nitrogens with one attached hydrogen (secondary N) is 1. The molecule has 5 heteroatoms. The summed E-state index contributed by atoms with van der Waals surface area (Å²) in [5.74, 6) is -0.904. The molecule has 1 atom stereocenters. The fourth-order valence-electron chi connectivity index (χ4n) is 2.15. The predicted octanol–water partition coefficient (Wildman–Crippen LogP) is 1.19. The van der Waals surface area contributed by atoms with E-state index in [0.717, 1.165) is 25.7 Å². The SMILES string of the molecule is CC1(C(=O)O)CCCCN1C(=O)NC1CC1. The molecule has 2 rings (SSSR count). The second kappa shape index (κ2) is 3.96. The first-order valence-corrected chi connectivity index (χ1v) is 5.85. The van der Waals surface area contributed by atoms with Crippen LogP contribution in [0.1, 0.15) is 39.0 Å². The molecule has 2 fully saturated rings. The highest BCUT2D eigenvalue weighted by molar-refractivity contribution is 5.86. The number of rotatable bonds is 2. The van der Waals surface area contributed by atoms with Crippen LogP contribution in [0.25, 0.3) is 0 Å². The second-order valence-corrected chi connectivity index (χ2v) is 4.91. The molecule has 0 bridgehead atoms. The number of urea groups is 1. The van der Waals surface area contributed by atoms with E-state index in [1.807, 2.05) is 0 Å². The third kappa shape index (κ3) is 1.99. The molecule has 1 saturated carbocycles. The van der Waals surface area contributed by atoms with Gasteiger partial charge in [-0.1, -0.05) is 0 Å². The minimum atomic E-state index is -1.03. The van der Waals surface area contributed by atoms with Crippen LogP contribution in [0, 0.1) is 0 Å². The maximum Gasteiger partial charge on any atom is 0.329 e. The zero-order valence-corrected chi connectivity index (χ0v) is 9.53. The molecular weight excluding hydrogens is 208 g/mol. The number of amides is 2. The zero-order valence-electron chi connectivity index (χ0n) is 9.53. The van der Waals surface area contributed by atoms with Gasteiger partial charge in [0.2, 0.25) is 0 Å². The smallest absolute Gasteiger partial charge is 0.329 e. The van der Waals surface area contributed by atoms with Crippen LogP contribution < -0.4 is 5.32 Å². The largest absolute Gasteiger partial charge is 0.480 e. The minimum Gasteiger partial charge on any atom is -0.480 e. The van der Waals surface area contributed by atoms with Gasteiger partial charge in [-0.05, 0) is 39.0 Å². The van der Waals surface area contributed by atoms with Gasteiger partial charge in [0.1, 0.15) is 5.54 Å². The lowest BCUT2D eigenvalue weighted by Crippen LogP contribution is -2.60. The van der Waals surface area contributed by atoms with Crippen LogP contribution >= 0.6 is 0 Å². The van der Waals surface area contributed by atoms with Crippen molar-refractivity contribution < 1.29 is 14.7 Å². The van der Waals surface area contributed by atoms with Crippen molar-refractivity contribution in [3.05, 3.63) is 0 Å². The van der Waals surface area contributed by atoms with Crippen LogP contribution in [0.2, 0.25) is 0 Å². The normalized spacial score (nSPS) is 29.9. The fourth-order valence-corrected chi connectivity index (χ4v) is 2.15. The van der Waals surface area contributed by atoms with Gasteiger partial charge in [-0.3, -0.25) is 0 Å². The summed E-state index contributed by atoms with van der Waals surface area (Å²) in [6.45, 7) is 2.18. The standard InChI is InChI=1S/C11H18N2O3/c1-11(9(14)15)6-2-3-7-13(11)10(16)12-8-4-5-8/h8H,2-7H2,1H3,(H,12,16)(H,14,15). The highest BCUT2D eigenvalue weighted by Gasteiger charge is 2.44. The molecule has 2 aliphatic rings. The van der Waals surface area contributed by atoms with Gasteiger partial charge >= 0.3 is 12.0 Å². The maximum atomic E-state index is 11.9. The van der Waals surface area contributed by atoms with Crippen molar-refractivity contribution in [2.75, 3.05) is 6.54 Å². The molecule has 0 aromatic heterocycles. The topological polar surface area (TPSA) is 69.6 Å². The van der Waals surface area contributed by atoms with Crippen LogP contribution in [-0.2, 0) is 4.79 Å². The number of piperidine rings is 1. The Bertz CT molecular complexity index is 314. The minimum absolute atomic E-state index is 0.216. The third-order valence-corrected chi connectivity index (χ3v) is 3.50. The Morgan fingerprint density at radius 3 is 2.62 bits per heavy atom. The third-order valence-electron chi connectivity index (χ3n) is 3.50. The van der Waals surface area contributed by atoms with Gasteiger partial charge in [0.15, 0.2) is 0 Å². The Morgan fingerprint density at radius 2 is 2.06 bits per heavy atom.